The lowest BCUT2D eigenvalue weighted by molar-refractivity contribution is 0.272. The van der Waals surface area contributed by atoms with E-state index >= 15 is 0 Å². The second-order valence-corrected chi connectivity index (χ2v) is 6.21. The molecule has 0 spiro atoms. The number of nitrogens with one attached hydrogen (secondary N) is 1. The molecule has 1 unspecified atom stereocenters. The highest BCUT2D eigenvalue weighted by Gasteiger charge is 2.27. The van der Waals surface area contributed by atoms with Crippen LogP contribution >= 0.6 is 0 Å². The van der Waals surface area contributed by atoms with Crippen molar-refractivity contribution in [1.82, 2.24) is 24.8 Å². The molecular weight excluding hydrogens is 262 g/mol. The Kier molecular flexibility index (Phi) is 3.76. The van der Waals surface area contributed by atoms with Crippen LogP contribution in [0.2, 0.25) is 0 Å². The van der Waals surface area contributed by atoms with E-state index in [1.54, 1.807) is 0 Å². The predicted octanol–water partition coefficient (Wildman–Crippen LogP) is 2.68. The first kappa shape index (κ1) is 14.2. The molecule has 0 aliphatic carbocycles. The Morgan fingerprint density at radius 2 is 2.10 bits per heavy atom. The number of likely N-dealkylation sites (tertiary alicyclic amines) is 1. The maximum Gasteiger partial charge on any atom is 0.156 e. The van der Waals surface area contributed by atoms with E-state index in [0.29, 0.717) is 12.0 Å². The van der Waals surface area contributed by atoms with E-state index < -0.39 is 0 Å². The highest BCUT2D eigenvalue weighted by atomic mass is 15.2. The topological polar surface area (TPSA) is 57.7 Å². The Labute approximate surface area is 125 Å². The van der Waals surface area contributed by atoms with E-state index in [2.05, 4.69) is 44.7 Å². The van der Waals surface area contributed by atoms with Crippen molar-refractivity contribution in [2.24, 2.45) is 0 Å². The number of aromatic nitrogens is 4. The molecule has 0 radical (unpaired) electrons. The molecule has 1 aliphatic heterocycles. The van der Waals surface area contributed by atoms with Crippen LogP contribution in [0.1, 0.15) is 43.4 Å². The fourth-order valence-electron chi connectivity index (χ4n) is 2.96. The van der Waals surface area contributed by atoms with Gasteiger partial charge in [-0.1, -0.05) is 0 Å². The summed E-state index contributed by atoms with van der Waals surface area (Å²) < 4.78 is 0. The Balaban J connectivity index is 1.88. The average molecular weight is 285 g/mol. The lowest BCUT2D eigenvalue weighted by atomic mass is 10.0. The van der Waals surface area contributed by atoms with E-state index in [4.69, 9.17) is 0 Å². The van der Waals surface area contributed by atoms with Crippen molar-refractivity contribution in [2.45, 2.75) is 46.1 Å². The van der Waals surface area contributed by atoms with Gasteiger partial charge in [-0.25, -0.2) is 15.0 Å². The van der Waals surface area contributed by atoms with Gasteiger partial charge in [0.05, 0.1) is 0 Å². The van der Waals surface area contributed by atoms with Gasteiger partial charge in [-0.2, -0.15) is 0 Å². The number of imidazole rings is 1. The number of aryl methyl sites for hydroxylation is 2. The molecule has 1 N–H and O–H groups in total. The first-order valence-corrected chi connectivity index (χ1v) is 7.64. The number of hydrogen-bond donors (Lipinski definition) is 1. The maximum atomic E-state index is 4.66. The molecule has 5 nitrogen and oxygen atoms in total. The number of nitrogens with zero attached hydrogens (tertiary/aromatic N) is 4. The molecule has 1 fully saturated rings. The van der Waals surface area contributed by atoms with Crippen LogP contribution in [0.5, 0.6) is 0 Å². The fraction of sp³-hybridized carbons (Fsp3) is 0.562. The average Bonchev–Trinajstić information content (AvgIpc) is 3.06. The molecule has 3 rings (SSSR count). The maximum absolute atomic E-state index is 4.66. The highest BCUT2D eigenvalue weighted by molar-refractivity contribution is 5.50. The number of H-pyrrole nitrogens is 1. The van der Waals surface area contributed by atoms with Crippen LogP contribution in [0, 0.1) is 13.8 Å². The highest BCUT2D eigenvalue weighted by Crippen LogP contribution is 2.28. The largest absolute Gasteiger partial charge is 0.341 e. The van der Waals surface area contributed by atoms with Crippen LogP contribution in [0.3, 0.4) is 0 Å². The zero-order chi connectivity index (χ0) is 15.0. The first-order valence-electron chi connectivity index (χ1n) is 7.64. The summed E-state index contributed by atoms with van der Waals surface area (Å²) >= 11 is 0. The van der Waals surface area contributed by atoms with Crippen molar-refractivity contribution in [3.8, 4) is 11.5 Å². The van der Waals surface area contributed by atoms with E-state index in [9.17, 15) is 0 Å². The van der Waals surface area contributed by atoms with Gasteiger partial charge < -0.3 is 9.88 Å². The zero-order valence-corrected chi connectivity index (χ0v) is 13.2. The Morgan fingerprint density at radius 3 is 2.71 bits per heavy atom. The van der Waals surface area contributed by atoms with Gasteiger partial charge in [0.1, 0.15) is 11.5 Å². The van der Waals surface area contributed by atoms with Crippen molar-refractivity contribution < 1.29 is 0 Å². The molecule has 0 aromatic carbocycles. The number of aromatic amines is 1. The van der Waals surface area contributed by atoms with Crippen LogP contribution < -0.4 is 0 Å². The molecule has 0 saturated carbocycles. The lowest BCUT2D eigenvalue weighted by Crippen LogP contribution is -2.28. The minimum absolute atomic E-state index is 0.504. The van der Waals surface area contributed by atoms with Crippen LogP contribution in [0.25, 0.3) is 11.5 Å². The fourth-order valence-corrected chi connectivity index (χ4v) is 2.96. The molecule has 112 valence electrons. The van der Waals surface area contributed by atoms with E-state index in [1.807, 2.05) is 20.0 Å². The first-order chi connectivity index (χ1) is 10.0. The molecule has 0 amide bonds. The minimum atomic E-state index is 0.504. The molecule has 21 heavy (non-hydrogen) atoms. The smallest absolute Gasteiger partial charge is 0.156 e. The van der Waals surface area contributed by atoms with Gasteiger partial charge in [0.2, 0.25) is 0 Å². The second-order valence-electron chi connectivity index (χ2n) is 6.21. The Morgan fingerprint density at radius 1 is 1.29 bits per heavy atom. The van der Waals surface area contributed by atoms with Crippen molar-refractivity contribution in [3.05, 3.63) is 29.5 Å². The SMILES string of the molecule is Cc1nc(-c2ncc(C)[nH]2)cc(C2CCN(C(C)C)C2)n1. The van der Waals surface area contributed by atoms with E-state index in [-0.39, 0.29) is 0 Å². The molecular formula is C16H23N5. The van der Waals surface area contributed by atoms with Crippen molar-refractivity contribution >= 4 is 0 Å². The van der Waals surface area contributed by atoms with Crippen molar-refractivity contribution in [3.63, 3.8) is 0 Å². The van der Waals surface area contributed by atoms with Gasteiger partial charge in [0.15, 0.2) is 5.82 Å². The van der Waals surface area contributed by atoms with Crippen molar-refractivity contribution in [2.75, 3.05) is 13.1 Å². The standard InChI is InChI=1S/C16H23N5/c1-10(2)21-6-5-13(9-21)14-7-15(20-12(4)19-14)16-17-8-11(3)18-16/h7-8,10,13H,5-6,9H2,1-4H3,(H,17,18). The van der Waals surface area contributed by atoms with Gasteiger partial charge in [0.25, 0.3) is 0 Å². The van der Waals surface area contributed by atoms with Crippen LogP contribution in [-0.2, 0) is 0 Å². The molecule has 3 heterocycles. The third-order valence-electron chi connectivity index (χ3n) is 4.17. The third kappa shape index (κ3) is 2.97. The monoisotopic (exact) mass is 285 g/mol. The number of hydrogen-bond acceptors (Lipinski definition) is 4. The Hall–Kier alpha value is -1.75. The van der Waals surface area contributed by atoms with Crippen molar-refractivity contribution in [1.29, 1.82) is 0 Å². The van der Waals surface area contributed by atoms with Gasteiger partial charge >= 0.3 is 0 Å². The molecule has 2 aromatic heterocycles. The summed E-state index contributed by atoms with van der Waals surface area (Å²) in [7, 11) is 0. The molecule has 1 aliphatic rings. The van der Waals surface area contributed by atoms with Crippen LogP contribution in [-0.4, -0.2) is 44.0 Å². The molecule has 2 aromatic rings. The number of rotatable bonds is 3. The summed E-state index contributed by atoms with van der Waals surface area (Å²) in [6.07, 6.45) is 3.01. The summed E-state index contributed by atoms with van der Waals surface area (Å²) in [5.74, 6) is 2.15. The van der Waals surface area contributed by atoms with Gasteiger partial charge in [-0.05, 0) is 46.7 Å². The third-order valence-corrected chi connectivity index (χ3v) is 4.17. The van der Waals surface area contributed by atoms with E-state index in [0.717, 1.165) is 41.8 Å². The van der Waals surface area contributed by atoms with Gasteiger partial charge in [0, 0.05) is 36.1 Å². The quantitative estimate of drug-likeness (QED) is 0.942. The Bertz CT molecular complexity index is 631. The van der Waals surface area contributed by atoms with E-state index in [1.165, 1.54) is 6.42 Å². The molecule has 5 heteroatoms. The summed E-state index contributed by atoms with van der Waals surface area (Å²) in [5, 5.41) is 0. The minimum Gasteiger partial charge on any atom is -0.341 e. The second kappa shape index (κ2) is 5.56. The molecule has 1 saturated heterocycles. The van der Waals surface area contributed by atoms with Gasteiger partial charge in [-0.15, -0.1) is 0 Å². The normalized spacial score (nSPS) is 19.6. The summed E-state index contributed by atoms with van der Waals surface area (Å²) in [6.45, 7) is 10.7. The summed E-state index contributed by atoms with van der Waals surface area (Å²) in [6, 6.07) is 2.70. The zero-order valence-electron chi connectivity index (χ0n) is 13.2. The predicted molar refractivity (Wildman–Crippen MR) is 83.2 cm³/mol. The summed E-state index contributed by atoms with van der Waals surface area (Å²) in [4.78, 5) is 19.3. The van der Waals surface area contributed by atoms with Gasteiger partial charge in [-0.3, -0.25) is 0 Å². The molecule has 0 bridgehead atoms. The van der Waals surface area contributed by atoms with Crippen LogP contribution in [0.4, 0.5) is 0 Å². The summed E-state index contributed by atoms with van der Waals surface area (Å²) in [5.41, 5.74) is 3.10. The van der Waals surface area contributed by atoms with Crippen LogP contribution in [0.15, 0.2) is 12.3 Å². The lowest BCUT2D eigenvalue weighted by Gasteiger charge is -2.20. The molecule has 1 atom stereocenters.